The molecule has 3 rings (SSSR count). The quantitative estimate of drug-likeness (QED) is 0.795. The molecule has 5 nitrogen and oxygen atoms in total. The van der Waals surface area contributed by atoms with Gasteiger partial charge in [0, 0.05) is 18.9 Å². The van der Waals surface area contributed by atoms with Crippen LogP contribution in [-0.2, 0) is 6.54 Å². The first-order chi connectivity index (χ1) is 10.4. The highest BCUT2D eigenvalue weighted by atomic mass is 15.3. The van der Waals surface area contributed by atoms with Gasteiger partial charge in [-0.1, -0.05) is 18.2 Å². The topological polar surface area (TPSA) is 66.5 Å². The molecule has 0 unspecified atom stereocenters. The Labute approximate surface area is 122 Å². The van der Waals surface area contributed by atoms with Crippen LogP contribution in [0.1, 0.15) is 11.3 Å². The number of nitriles is 1. The first kappa shape index (κ1) is 12.9. The minimum absolute atomic E-state index is 0.414. The summed E-state index contributed by atoms with van der Waals surface area (Å²) in [5, 5.41) is 16.3. The van der Waals surface area contributed by atoms with Crippen LogP contribution in [-0.4, -0.2) is 14.8 Å². The summed E-state index contributed by atoms with van der Waals surface area (Å²) in [6, 6.07) is 15.5. The van der Waals surface area contributed by atoms with E-state index in [0.717, 1.165) is 16.9 Å². The van der Waals surface area contributed by atoms with Crippen molar-refractivity contribution in [1.82, 2.24) is 14.8 Å². The number of para-hydroxylation sites is 1. The van der Waals surface area contributed by atoms with E-state index in [4.69, 9.17) is 5.26 Å². The Morgan fingerprint density at radius 3 is 2.76 bits per heavy atom. The largest absolute Gasteiger partial charge is 0.380 e. The second kappa shape index (κ2) is 5.88. The van der Waals surface area contributed by atoms with Crippen LogP contribution >= 0.6 is 0 Å². The molecule has 21 heavy (non-hydrogen) atoms. The van der Waals surface area contributed by atoms with Gasteiger partial charge >= 0.3 is 0 Å². The Balaban J connectivity index is 1.78. The lowest BCUT2D eigenvalue weighted by atomic mass is 10.1. The minimum Gasteiger partial charge on any atom is -0.380 e. The van der Waals surface area contributed by atoms with Crippen LogP contribution in [0.5, 0.6) is 0 Å². The van der Waals surface area contributed by atoms with Crippen LogP contribution in [0, 0.1) is 11.3 Å². The molecule has 0 fully saturated rings. The van der Waals surface area contributed by atoms with Gasteiger partial charge in [0.25, 0.3) is 0 Å². The van der Waals surface area contributed by atoms with Gasteiger partial charge in [-0.05, 0) is 29.8 Å². The van der Waals surface area contributed by atoms with Gasteiger partial charge < -0.3 is 5.32 Å². The van der Waals surface area contributed by atoms with Crippen molar-refractivity contribution in [3.05, 3.63) is 72.3 Å². The first-order valence-electron chi connectivity index (χ1n) is 6.55. The van der Waals surface area contributed by atoms with Crippen LogP contribution < -0.4 is 5.32 Å². The van der Waals surface area contributed by atoms with Gasteiger partial charge in [-0.3, -0.25) is 0 Å². The molecule has 102 valence electrons. The second-order valence-electron chi connectivity index (χ2n) is 4.48. The number of benzene rings is 1. The van der Waals surface area contributed by atoms with Crippen molar-refractivity contribution in [2.24, 2.45) is 0 Å². The fourth-order valence-electron chi connectivity index (χ4n) is 2.06. The third-order valence-corrected chi connectivity index (χ3v) is 3.10. The number of nitrogens with one attached hydrogen (secondary N) is 1. The molecule has 2 aromatic heterocycles. The number of hydrogen-bond donors (Lipinski definition) is 1. The Morgan fingerprint density at radius 2 is 2.05 bits per heavy atom. The lowest BCUT2D eigenvalue weighted by Gasteiger charge is -2.11. The van der Waals surface area contributed by atoms with Gasteiger partial charge in [-0.2, -0.15) is 10.4 Å². The molecule has 0 amide bonds. The molecule has 5 heteroatoms. The van der Waals surface area contributed by atoms with Crippen molar-refractivity contribution in [3.8, 4) is 11.8 Å². The molecule has 0 bridgehead atoms. The summed E-state index contributed by atoms with van der Waals surface area (Å²) in [4.78, 5) is 4.04. The molecular weight excluding hydrogens is 262 g/mol. The molecule has 2 heterocycles. The molecule has 1 aromatic carbocycles. The van der Waals surface area contributed by atoms with Crippen molar-refractivity contribution < 1.29 is 0 Å². The minimum atomic E-state index is 0.414. The van der Waals surface area contributed by atoms with Gasteiger partial charge in [-0.25, -0.2) is 9.67 Å². The van der Waals surface area contributed by atoms with Gasteiger partial charge in [-0.15, -0.1) is 0 Å². The number of rotatable bonds is 4. The van der Waals surface area contributed by atoms with Gasteiger partial charge in [0.1, 0.15) is 11.8 Å². The van der Waals surface area contributed by atoms with Crippen molar-refractivity contribution in [2.75, 3.05) is 5.32 Å². The van der Waals surface area contributed by atoms with Crippen LogP contribution in [0.15, 0.2) is 61.1 Å². The summed E-state index contributed by atoms with van der Waals surface area (Å²) in [5.41, 5.74) is 3.46. The summed E-state index contributed by atoms with van der Waals surface area (Å²) < 4.78 is 1.84. The van der Waals surface area contributed by atoms with Crippen molar-refractivity contribution >= 4 is 5.69 Å². The molecule has 3 aromatic rings. The van der Waals surface area contributed by atoms with E-state index in [-0.39, 0.29) is 0 Å². The summed E-state index contributed by atoms with van der Waals surface area (Å²) in [5.74, 6) is 0. The predicted molar refractivity (Wildman–Crippen MR) is 79.8 cm³/mol. The highest BCUT2D eigenvalue weighted by Crippen LogP contribution is 2.15. The molecule has 0 saturated carbocycles. The average molecular weight is 275 g/mol. The van der Waals surface area contributed by atoms with Gasteiger partial charge in [0.2, 0.25) is 0 Å². The van der Waals surface area contributed by atoms with Gasteiger partial charge in [0.15, 0.2) is 0 Å². The first-order valence-corrected chi connectivity index (χ1v) is 6.55. The van der Waals surface area contributed by atoms with Crippen LogP contribution in [0.2, 0.25) is 0 Å². The smallest absolute Gasteiger partial charge is 0.140 e. The molecule has 0 aliphatic rings. The Hall–Kier alpha value is -3.13. The second-order valence-corrected chi connectivity index (χ2v) is 4.48. The number of anilines is 1. The van der Waals surface area contributed by atoms with E-state index in [9.17, 15) is 0 Å². The van der Waals surface area contributed by atoms with E-state index in [1.807, 2.05) is 47.3 Å². The number of hydrogen-bond acceptors (Lipinski definition) is 4. The molecular formula is C16H13N5. The summed E-state index contributed by atoms with van der Waals surface area (Å²) in [7, 11) is 0. The molecule has 1 N–H and O–H groups in total. The predicted octanol–water partition coefficient (Wildman–Crippen LogP) is 2.75. The zero-order valence-corrected chi connectivity index (χ0v) is 11.3. The Morgan fingerprint density at radius 1 is 1.14 bits per heavy atom. The van der Waals surface area contributed by atoms with Crippen molar-refractivity contribution in [3.63, 3.8) is 0 Å². The third-order valence-electron chi connectivity index (χ3n) is 3.10. The van der Waals surface area contributed by atoms with Crippen molar-refractivity contribution in [2.45, 2.75) is 6.54 Å². The van der Waals surface area contributed by atoms with Crippen LogP contribution in [0.4, 0.5) is 5.69 Å². The van der Waals surface area contributed by atoms with E-state index in [1.54, 1.807) is 18.5 Å². The van der Waals surface area contributed by atoms with Crippen LogP contribution in [0.25, 0.3) is 5.69 Å². The number of pyridine rings is 1. The lowest BCUT2D eigenvalue weighted by molar-refractivity contribution is 0.864. The van der Waals surface area contributed by atoms with Gasteiger partial charge in [0.05, 0.1) is 17.6 Å². The monoisotopic (exact) mass is 275 g/mol. The zero-order chi connectivity index (χ0) is 14.5. The highest BCUT2D eigenvalue weighted by molar-refractivity contribution is 5.46. The molecule has 0 atom stereocenters. The number of aromatic nitrogens is 3. The average Bonchev–Trinajstić information content (AvgIpc) is 3.08. The van der Waals surface area contributed by atoms with E-state index in [2.05, 4.69) is 21.5 Å². The standard InChI is InChI=1S/C16H13N5/c17-10-14-6-7-15(12-19-14)18-11-13-4-1-2-5-16(13)21-9-3-8-20-21/h1-9,12,18H,11H2. The summed E-state index contributed by atoms with van der Waals surface area (Å²) >= 11 is 0. The van der Waals surface area contributed by atoms with E-state index >= 15 is 0 Å². The molecule has 0 spiro atoms. The maximum Gasteiger partial charge on any atom is 0.140 e. The van der Waals surface area contributed by atoms with Crippen molar-refractivity contribution in [1.29, 1.82) is 5.26 Å². The van der Waals surface area contributed by atoms with E-state index < -0.39 is 0 Å². The Bertz CT molecular complexity index is 754. The maximum atomic E-state index is 8.74. The highest BCUT2D eigenvalue weighted by Gasteiger charge is 2.04. The fourth-order valence-corrected chi connectivity index (χ4v) is 2.06. The fraction of sp³-hybridized carbons (Fsp3) is 0.0625. The normalized spacial score (nSPS) is 10.0. The molecule has 0 aliphatic carbocycles. The molecule has 0 radical (unpaired) electrons. The van der Waals surface area contributed by atoms with E-state index in [1.165, 1.54) is 0 Å². The maximum absolute atomic E-state index is 8.74. The van der Waals surface area contributed by atoms with Crippen LogP contribution in [0.3, 0.4) is 0 Å². The zero-order valence-electron chi connectivity index (χ0n) is 11.3. The molecule has 0 saturated heterocycles. The Kier molecular flexibility index (Phi) is 3.61. The number of nitrogens with zero attached hydrogens (tertiary/aromatic N) is 4. The molecule has 0 aliphatic heterocycles. The third kappa shape index (κ3) is 2.90. The van der Waals surface area contributed by atoms with E-state index in [0.29, 0.717) is 12.2 Å². The lowest BCUT2D eigenvalue weighted by Crippen LogP contribution is -2.05. The summed E-state index contributed by atoms with van der Waals surface area (Å²) in [6.45, 7) is 0.656. The summed E-state index contributed by atoms with van der Waals surface area (Å²) in [6.07, 6.45) is 5.34. The SMILES string of the molecule is N#Cc1ccc(NCc2ccccc2-n2cccn2)cn1.